The zero-order chi connectivity index (χ0) is 19.2. The van der Waals surface area contributed by atoms with Crippen molar-refractivity contribution in [2.24, 2.45) is 4.99 Å². The summed E-state index contributed by atoms with van der Waals surface area (Å²) >= 11 is 0. The summed E-state index contributed by atoms with van der Waals surface area (Å²) in [6.45, 7) is 4.52. The maximum atomic E-state index is 12.8. The number of guanidine groups is 1. The number of aromatic nitrogens is 2. The molecule has 2 aromatic rings. The van der Waals surface area contributed by atoms with Crippen molar-refractivity contribution in [3.8, 4) is 0 Å². The van der Waals surface area contributed by atoms with E-state index in [0.29, 0.717) is 42.7 Å². The Kier molecular flexibility index (Phi) is 6.59. The molecule has 0 aliphatic heterocycles. The fraction of sp³-hybridized carbons (Fsp3) is 0.471. The largest absolute Gasteiger partial charge is 0.416 e. The lowest BCUT2D eigenvalue weighted by Crippen LogP contribution is -2.37. The van der Waals surface area contributed by atoms with Crippen LogP contribution in [0.4, 0.5) is 13.2 Å². The Hall–Kier alpha value is -2.58. The molecule has 0 aliphatic carbocycles. The van der Waals surface area contributed by atoms with Crippen LogP contribution in [-0.4, -0.2) is 29.7 Å². The summed E-state index contributed by atoms with van der Waals surface area (Å²) in [6.07, 6.45) is -3.67. The van der Waals surface area contributed by atoms with Gasteiger partial charge in [-0.05, 0) is 24.0 Å². The number of nitrogens with one attached hydrogen (secondary N) is 2. The molecule has 1 aromatic heterocycles. The highest BCUT2D eigenvalue weighted by Gasteiger charge is 2.30. The van der Waals surface area contributed by atoms with Crippen LogP contribution in [0.1, 0.15) is 42.1 Å². The van der Waals surface area contributed by atoms with E-state index in [0.717, 1.165) is 6.07 Å². The van der Waals surface area contributed by atoms with Crippen molar-refractivity contribution in [3.63, 3.8) is 0 Å². The fourth-order valence-electron chi connectivity index (χ4n) is 2.39. The Balaban J connectivity index is 1.82. The molecule has 6 nitrogen and oxygen atoms in total. The van der Waals surface area contributed by atoms with Crippen molar-refractivity contribution in [2.45, 2.75) is 38.9 Å². The van der Waals surface area contributed by atoms with Gasteiger partial charge in [0.2, 0.25) is 5.89 Å². The average molecular weight is 369 g/mol. The normalized spacial score (nSPS) is 13.5. The van der Waals surface area contributed by atoms with E-state index >= 15 is 0 Å². The number of aryl methyl sites for hydroxylation is 1. The van der Waals surface area contributed by atoms with Crippen LogP contribution >= 0.6 is 0 Å². The first kappa shape index (κ1) is 19.7. The van der Waals surface area contributed by atoms with Gasteiger partial charge in [0, 0.05) is 20.5 Å². The van der Waals surface area contributed by atoms with E-state index in [1.165, 1.54) is 12.1 Å². The first-order valence-electron chi connectivity index (χ1n) is 8.20. The summed E-state index contributed by atoms with van der Waals surface area (Å²) in [5.74, 6) is 1.54. The van der Waals surface area contributed by atoms with Crippen LogP contribution in [0.2, 0.25) is 0 Å². The Labute approximate surface area is 149 Å². The zero-order valence-corrected chi connectivity index (χ0v) is 14.9. The van der Waals surface area contributed by atoms with E-state index in [-0.39, 0.29) is 5.92 Å². The van der Waals surface area contributed by atoms with Gasteiger partial charge >= 0.3 is 6.18 Å². The molecule has 0 aliphatic rings. The molecule has 2 rings (SSSR count). The smallest absolute Gasteiger partial charge is 0.356 e. The highest BCUT2D eigenvalue weighted by atomic mass is 19.4. The molecule has 1 aromatic carbocycles. The number of halogens is 3. The third kappa shape index (κ3) is 5.75. The van der Waals surface area contributed by atoms with Crippen molar-refractivity contribution >= 4 is 5.96 Å². The summed E-state index contributed by atoms with van der Waals surface area (Å²) in [4.78, 5) is 8.16. The highest BCUT2D eigenvalue weighted by molar-refractivity contribution is 5.79. The number of hydrogen-bond donors (Lipinski definition) is 2. The molecule has 1 atom stereocenters. The van der Waals surface area contributed by atoms with Gasteiger partial charge in [-0.1, -0.05) is 30.3 Å². The molecule has 1 unspecified atom stereocenters. The van der Waals surface area contributed by atoms with E-state index in [9.17, 15) is 13.2 Å². The predicted octanol–water partition coefficient (Wildman–Crippen LogP) is 3.26. The van der Waals surface area contributed by atoms with Gasteiger partial charge in [0.1, 0.15) is 0 Å². The molecule has 0 saturated heterocycles. The number of aliphatic imine (C=N–C) groups is 1. The molecule has 0 saturated carbocycles. The van der Waals surface area contributed by atoms with Gasteiger partial charge in [-0.25, -0.2) is 0 Å². The second kappa shape index (κ2) is 8.68. The summed E-state index contributed by atoms with van der Waals surface area (Å²) in [5.41, 5.74) is 0.0366. The lowest BCUT2D eigenvalue weighted by Gasteiger charge is -2.16. The van der Waals surface area contributed by atoms with Crippen molar-refractivity contribution in [3.05, 3.63) is 47.1 Å². The molecule has 0 radical (unpaired) electrons. The summed E-state index contributed by atoms with van der Waals surface area (Å²) in [7, 11) is 1.63. The number of alkyl halides is 3. The second-order valence-corrected chi connectivity index (χ2v) is 5.90. The van der Waals surface area contributed by atoms with Gasteiger partial charge in [-0.2, -0.15) is 18.2 Å². The maximum Gasteiger partial charge on any atom is 0.416 e. The summed E-state index contributed by atoms with van der Waals surface area (Å²) < 4.78 is 43.3. The third-order valence-corrected chi connectivity index (χ3v) is 3.86. The number of rotatable bonds is 6. The number of nitrogens with zero attached hydrogens (tertiary/aromatic N) is 3. The molecular weight excluding hydrogens is 347 g/mol. The van der Waals surface area contributed by atoms with E-state index in [1.54, 1.807) is 20.0 Å². The van der Waals surface area contributed by atoms with E-state index < -0.39 is 11.7 Å². The number of benzene rings is 1. The Morgan fingerprint density at radius 1 is 1.31 bits per heavy atom. The second-order valence-electron chi connectivity index (χ2n) is 5.90. The highest BCUT2D eigenvalue weighted by Crippen LogP contribution is 2.31. The topological polar surface area (TPSA) is 75.3 Å². The molecule has 0 fully saturated rings. The SMILES string of the molecule is CN=C(NCCC(C)c1cccc(C(F)(F)F)c1)NCc1noc(C)n1. The van der Waals surface area contributed by atoms with Crippen LogP contribution in [-0.2, 0) is 12.7 Å². The van der Waals surface area contributed by atoms with Gasteiger partial charge < -0.3 is 15.2 Å². The first-order chi connectivity index (χ1) is 12.3. The Morgan fingerprint density at radius 3 is 2.69 bits per heavy atom. The van der Waals surface area contributed by atoms with Crippen molar-refractivity contribution < 1.29 is 17.7 Å². The lowest BCUT2D eigenvalue weighted by molar-refractivity contribution is -0.137. The fourth-order valence-corrected chi connectivity index (χ4v) is 2.39. The average Bonchev–Trinajstić information content (AvgIpc) is 3.02. The van der Waals surface area contributed by atoms with Gasteiger partial charge in [0.25, 0.3) is 0 Å². The molecule has 0 spiro atoms. The predicted molar refractivity (Wildman–Crippen MR) is 91.7 cm³/mol. The van der Waals surface area contributed by atoms with Gasteiger partial charge in [-0.3, -0.25) is 4.99 Å². The van der Waals surface area contributed by atoms with Crippen LogP contribution in [0.15, 0.2) is 33.8 Å². The minimum absolute atomic E-state index is 0.0252. The van der Waals surface area contributed by atoms with Crippen LogP contribution in [0.25, 0.3) is 0 Å². The van der Waals surface area contributed by atoms with Crippen molar-refractivity contribution in [1.29, 1.82) is 0 Å². The molecule has 1 heterocycles. The number of hydrogen-bond acceptors (Lipinski definition) is 4. The van der Waals surface area contributed by atoms with Crippen LogP contribution in [0, 0.1) is 6.92 Å². The molecule has 142 valence electrons. The van der Waals surface area contributed by atoms with Crippen molar-refractivity contribution in [1.82, 2.24) is 20.8 Å². The minimum Gasteiger partial charge on any atom is -0.356 e. The van der Waals surface area contributed by atoms with Crippen molar-refractivity contribution in [2.75, 3.05) is 13.6 Å². The summed E-state index contributed by atoms with van der Waals surface area (Å²) in [5, 5.41) is 9.94. The van der Waals surface area contributed by atoms with Gasteiger partial charge in [0.05, 0.1) is 12.1 Å². The maximum absolute atomic E-state index is 12.8. The quantitative estimate of drug-likeness (QED) is 0.604. The molecular formula is C17H22F3N5O. The van der Waals surface area contributed by atoms with E-state index in [1.807, 2.05) is 6.92 Å². The van der Waals surface area contributed by atoms with Crippen LogP contribution in [0.3, 0.4) is 0 Å². The standard InChI is InChI=1S/C17H22F3N5O/c1-11(13-5-4-6-14(9-13)17(18,19)20)7-8-22-16(21-3)23-10-15-24-12(2)26-25-15/h4-6,9,11H,7-8,10H2,1-3H3,(H2,21,22,23). The molecule has 0 amide bonds. The summed E-state index contributed by atoms with van der Waals surface area (Å²) in [6, 6.07) is 5.44. The van der Waals surface area contributed by atoms with Crippen LogP contribution in [0.5, 0.6) is 0 Å². The Morgan fingerprint density at radius 2 is 2.08 bits per heavy atom. The van der Waals surface area contributed by atoms with Gasteiger partial charge in [-0.15, -0.1) is 0 Å². The molecule has 9 heteroatoms. The van der Waals surface area contributed by atoms with Crippen LogP contribution < -0.4 is 10.6 Å². The Bertz CT molecular complexity index is 742. The van der Waals surface area contributed by atoms with E-state index in [2.05, 4.69) is 25.8 Å². The molecule has 0 bridgehead atoms. The third-order valence-electron chi connectivity index (χ3n) is 3.86. The van der Waals surface area contributed by atoms with E-state index in [4.69, 9.17) is 4.52 Å². The minimum atomic E-state index is -4.33. The lowest BCUT2D eigenvalue weighted by atomic mass is 9.96. The van der Waals surface area contributed by atoms with Gasteiger partial charge in [0.15, 0.2) is 11.8 Å². The monoisotopic (exact) mass is 369 g/mol. The molecule has 2 N–H and O–H groups in total. The molecule has 26 heavy (non-hydrogen) atoms. The zero-order valence-electron chi connectivity index (χ0n) is 14.9. The first-order valence-corrected chi connectivity index (χ1v) is 8.20.